The summed E-state index contributed by atoms with van der Waals surface area (Å²) in [6, 6.07) is 5.90. The number of sulfonamides is 1. The van der Waals surface area contributed by atoms with E-state index in [0.29, 0.717) is 10.8 Å². The molecule has 2 rings (SSSR count). The number of rotatable bonds is 5. The molecular formula is C14H16FN3O3S2. The fourth-order valence-electron chi connectivity index (χ4n) is 1.80. The molecule has 0 spiro atoms. The number of hydrogen-bond acceptors (Lipinski definition) is 5. The number of nitrogens with zero attached hydrogens (tertiary/aromatic N) is 2. The third-order valence-corrected chi connectivity index (χ3v) is 5.24. The molecule has 1 N–H and O–H groups in total. The molecule has 1 heterocycles. The maximum absolute atomic E-state index is 13.0. The number of aryl methyl sites for hydroxylation is 1. The number of halogens is 1. The van der Waals surface area contributed by atoms with Gasteiger partial charge in [-0.1, -0.05) is 0 Å². The molecule has 0 radical (unpaired) electrons. The van der Waals surface area contributed by atoms with E-state index >= 15 is 0 Å². The number of hydrogen-bond donors (Lipinski definition) is 1. The number of aromatic nitrogens is 1. The SMILES string of the molecule is Cc1sc(NC(=O)CN(C)S(C)(=O)=O)nc1-c1ccc(F)cc1. The number of benzene rings is 1. The van der Waals surface area contributed by atoms with Crippen LogP contribution < -0.4 is 5.32 Å². The normalized spacial score (nSPS) is 11.7. The summed E-state index contributed by atoms with van der Waals surface area (Å²) in [5.74, 6) is -0.809. The van der Waals surface area contributed by atoms with Gasteiger partial charge >= 0.3 is 0 Å². The Bertz CT molecular complexity index is 816. The molecule has 0 fully saturated rings. The second-order valence-corrected chi connectivity index (χ2v) is 8.29. The predicted molar refractivity (Wildman–Crippen MR) is 88.3 cm³/mol. The van der Waals surface area contributed by atoms with E-state index < -0.39 is 15.9 Å². The van der Waals surface area contributed by atoms with Crippen LogP contribution in [0.2, 0.25) is 0 Å². The molecule has 0 bridgehead atoms. The summed E-state index contributed by atoms with van der Waals surface area (Å²) in [7, 11) is -2.09. The highest BCUT2D eigenvalue weighted by Crippen LogP contribution is 2.30. The maximum atomic E-state index is 13.0. The number of carbonyl (C=O) groups excluding carboxylic acids is 1. The number of likely N-dealkylation sites (N-methyl/N-ethyl adjacent to an activating group) is 1. The third kappa shape index (κ3) is 4.57. The van der Waals surface area contributed by atoms with Crippen molar-refractivity contribution in [2.24, 2.45) is 0 Å². The van der Waals surface area contributed by atoms with E-state index in [0.717, 1.165) is 21.0 Å². The molecule has 0 saturated heterocycles. The minimum atomic E-state index is -3.42. The van der Waals surface area contributed by atoms with Crippen LogP contribution in [0.1, 0.15) is 4.88 Å². The van der Waals surface area contributed by atoms with Gasteiger partial charge in [-0.25, -0.2) is 17.8 Å². The molecule has 9 heteroatoms. The van der Waals surface area contributed by atoms with Crippen molar-refractivity contribution in [1.29, 1.82) is 0 Å². The van der Waals surface area contributed by atoms with E-state index in [4.69, 9.17) is 0 Å². The van der Waals surface area contributed by atoms with Gasteiger partial charge in [-0.2, -0.15) is 4.31 Å². The Kier molecular flexibility index (Phi) is 5.12. The van der Waals surface area contributed by atoms with Gasteiger partial charge in [-0.05, 0) is 31.2 Å². The molecule has 0 aliphatic rings. The molecule has 6 nitrogen and oxygen atoms in total. The number of anilines is 1. The molecule has 1 aromatic carbocycles. The Balaban J connectivity index is 2.12. The van der Waals surface area contributed by atoms with Gasteiger partial charge in [0.25, 0.3) is 0 Å². The van der Waals surface area contributed by atoms with Crippen molar-refractivity contribution in [2.75, 3.05) is 25.2 Å². The van der Waals surface area contributed by atoms with Crippen LogP contribution in [-0.2, 0) is 14.8 Å². The van der Waals surface area contributed by atoms with Crippen molar-refractivity contribution < 1.29 is 17.6 Å². The highest BCUT2D eigenvalue weighted by Gasteiger charge is 2.17. The first kappa shape index (κ1) is 17.5. The van der Waals surface area contributed by atoms with Crippen molar-refractivity contribution in [3.05, 3.63) is 35.0 Å². The van der Waals surface area contributed by atoms with Crippen LogP contribution in [0.5, 0.6) is 0 Å². The van der Waals surface area contributed by atoms with E-state index in [1.807, 2.05) is 6.92 Å². The maximum Gasteiger partial charge on any atom is 0.241 e. The van der Waals surface area contributed by atoms with Crippen LogP contribution in [0.3, 0.4) is 0 Å². The van der Waals surface area contributed by atoms with Crippen LogP contribution >= 0.6 is 11.3 Å². The second kappa shape index (κ2) is 6.73. The van der Waals surface area contributed by atoms with Crippen molar-refractivity contribution >= 4 is 32.4 Å². The summed E-state index contributed by atoms with van der Waals surface area (Å²) >= 11 is 1.27. The van der Waals surface area contributed by atoms with Crippen molar-refractivity contribution in [3.8, 4) is 11.3 Å². The lowest BCUT2D eigenvalue weighted by Crippen LogP contribution is -2.34. The van der Waals surface area contributed by atoms with Gasteiger partial charge in [0.1, 0.15) is 5.82 Å². The van der Waals surface area contributed by atoms with E-state index in [1.165, 1.54) is 30.5 Å². The Hall–Kier alpha value is -1.84. The van der Waals surface area contributed by atoms with Gasteiger partial charge in [0.15, 0.2) is 5.13 Å². The third-order valence-electron chi connectivity index (χ3n) is 3.09. The molecule has 23 heavy (non-hydrogen) atoms. The number of carbonyl (C=O) groups is 1. The number of nitrogens with one attached hydrogen (secondary N) is 1. The van der Waals surface area contributed by atoms with E-state index in [-0.39, 0.29) is 12.4 Å². The standard InChI is InChI=1S/C14H16FN3O3S2/c1-9-13(10-4-6-11(15)7-5-10)17-14(22-9)16-12(19)8-18(2)23(3,20)21/h4-7H,8H2,1-3H3,(H,16,17,19). The first-order valence-corrected chi connectivity index (χ1v) is 9.28. The second-order valence-electron chi connectivity index (χ2n) is 5.00. The summed E-state index contributed by atoms with van der Waals surface area (Å²) in [5.41, 5.74) is 1.40. The van der Waals surface area contributed by atoms with Crippen LogP contribution in [-0.4, -0.2) is 43.5 Å². The molecule has 0 aliphatic carbocycles. The Morgan fingerprint density at radius 1 is 1.35 bits per heavy atom. The lowest BCUT2D eigenvalue weighted by Gasteiger charge is -2.12. The van der Waals surface area contributed by atoms with Gasteiger partial charge in [-0.3, -0.25) is 4.79 Å². The zero-order valence-corrected chi connectivity index (χ0v) is 14.5. The first-order chi connectivity index (χ1) is 10.7. The van der Waals surface area contributed by atoms with Gasteiger partial charge in [0.05, 0.1) is 18.5 Å². The number of thiazole rings is 1. The Labute approximate surface area is 138 Å². The van der Waals surface area contributed by atoms with Crippen LogP contribution in [0, 0.1) is 12.7 Å². The van der Waals surface area contributed by atoms with Crippen LogP contribution in [0.25, 0.3) is 11.3 Å². The van der Waals surface area contributed by atoms with Gasteiger partial charge in [0, 0.05) is 17.5 Å². The molecule has 1 amide bonds. The van der Waals surface area contributed by atoms with Crippen LogP contribution in [0.4, 0.5) is 9.52 Å². The fraction of sp³-hybridized carbons (Fsp3) is 0.286. The summed E-state index contributed by atoms with van der Waals surface area (Å²) in [4.78, 5) is 17.1. The Morgan fingerprint density at radius 3 is 2.52 bits per heavy atom. The monoisotopic (exact) mass is 357 g/mol. The number of amides is 1. The first-order valence-electron chi connectivity index (χ1n) is 6.61. The molecule has 2 aromatic rings. The van der Waals surface area contributed by atoms with Gasteiger partial charge < -0.3 is 5.32 Å². The molecule has 1 aromatic heterocycles. The molecule has 0 unspecified atom stereocenters. The average molecular weight is 357 g/mol. The largest absolute Gasteiger partial charge is 0.301 e. The lowest BCUT2D eigenvalue weighted by molar-refractivity contribution is -0.116. The van der Waals surface area contributed by atoms with Crippen molar-refractivity contribution in [3.63, 3.8) is 0 Å². The Morgan fingerprint density at radius 2 is 1.96 bits per heavy atom. The highest BCUT2D eigenvalue weighted by atomic mass is 32.2. The van der Waals surface area contributed by atoms with Crippen molar-refractivity contribution in [1.82, 2.24) is 9.29 Å². The summed E-state index contributed by atoms with van der Waals surface area (Å²) in [6.45, 7) is 1.55. The summed E-state index contributed by atoms with van der Waals surface area (Å²) in [6.07, 6.45) is 1.03. The van der Waals surface area contributed by atoms with E-state index in [2.05, 4.69) is 10.3 Å². The molecule has 0 saturated carbocycles. The predicted octanol–water partition coefficient (Wildman–Crippen LogP) is 2.09. The summed E-state index contributed by atoms with van der Waals surface area (Å²) in [5, 5.41) is 2.94. The van der Waals surface area contributed by atoms with E-state index in [1.54, 1.807) is 12.1 Å². The zero-order valence-electron chi connectivity index (χ0n) is 12.8. The molecule has 0 aliphatic heterocycles. The highest BCUT2D eigenvalue weighted by molar-refractivity contribution is 7.88. The summed E-state index contributed by atoms with van der Waals surface area (Å²) < 4.78 is 36.5. The van der Waals surface area contributed by atoms with Gasteiger partial charge in [0.2, 0.25) is 15.9 Å². The van der Waals surface area contributed by atoms with E-state index in [9.17, 15) is 17.6 Å². The van der Waals surface area contributed by atoms with Crippen LogP contribution in [0.15, 0.2) is 24.3 Å². The average Bonchev–Trinajstić information content (AvgIpc) is 2.79. The van der Waals surface area contributed by atoms with Crippen molar-refractivity contribution in [2.45, 2.75) is 6.92 Å². The minimum Gasteiger partial charge on any atom is -0.301 e. The van der Waals surface area contributed by atoms with Gasteiger partial charge in [-0.15, -0.1) is 11.3 Å². The molecule has 124 valence electrons. The fourth-order valence-corrected chi connectivity index (χ4v) is 3.01. The molecular weight excluding hydrogens is 341 g/mol. The topological polar surface area (TPSA) is 79.4 Å². The quantitative estimate of drug-likeness (QED) is 0.889. The molecule has 0 atom stereocenters. The zero-order chi connectivity index (χ0) is 17.2. The smallest absolute Gasteiger partial charge is 0.241 e. The minimum absolute atomic E-state index is 0.288. The lowest BCUT2D eigenvalue weighted by atomic mass is 10.1.